The Morgan fingerprint density at radius 3 is 2.61 bits per heavy atom. The van der Waals surface area contributed by atoms with Gasteiger partial charge in [0.15, 0.2) is 0 Å². The number of ether oxygens (including phenoxy) is 1. The number of aliphatic hydroxyl groups is 2. The summed E-state index contributed by atoms with van der Waals surface area (Å²) in [5.41, 5.74) is 2.04. The summed E-state index contributed by atoms with van der Waals surface area (Å²) < 4.78 is 5.75. The Bertz CT molecular complexity index is 733. The number of carbonyl (C=O) groups is 2. The second kappa shape index (κ2) is 8.19. The van der Waals surface area contributed by atoms with Crippen molar-refractivity contribution in [1.82, 2.24) is 5.32 Å². The first-order valence-corrected chi connectivity index (χ1v) is 10.2. The predicted molar refractivity (Wildman–Crippen MR) is 103 cm³/mol. The maximum Gasteiger partial charge on any atom is 0.229 e. The lowest BCUT2D eigenvalue weighted by Crippen LogP contribution is -2.41. The highest BCUT2D eigenvalue weighted by Gasteiger charge is 2.44. The number of fused-ring (bicyclic) bond motifs is 1. The average Bonchev–Trinajstić information content (AvgIpc) is 3.43. The largest absolute Gasteiger partial charge is 0.388 e. The first kappa shape index (κ1) is 19.4. The summed E-state index contributed by atoms with van der Waals surface area (Å²) in [6, 6.07) is 7.79. The Morgan fingerprint density at radius 2 is 1.82 bits per heavy atom. The first-order valence-electron chi connectivity index (χ1n) is 10.2. The second-order valence-electron chi connectivity index (χ2n) is 8.05. The number of anilines is 1. The quantitative estimate of drug-likeness (QED) is 0.692. The predicted octanol–water partition coefficient (Wildman–Crippen LogP) is 0.761. The van der Waals surface area contributed by atoms with Crippen molar-refractivity contribution in [1.29, 1.82) is 0 Å². The molecule has 0 radical (unpaired) electrons. The molecular weight excluding hydrogens is 360 g/mol. The van der Waals surface area contributed by atoms with Gasteiger partial charge in [-0.1, -0.05) is 31.0 Å². The van der Waals surface area contributed by atoms with Crippen LogP contribution in [-0.2, 0) is 20.7 Å². The Hall–Kier alpha value is -1.96. The summed E-state index contributed by atoms with van der Waals surface area (Å²) in [6.07, 6.45) is 1.02. The van der Waals surface area contributed by atoms with Gasteiger partial charge >= 0.3 is 0 Å². The molecule has 2 amide bonds. The molecule has 4 rings (SSSR count). The molecule has 4 unspecified atom stereocenters. The van der Waals surface area contributed by atoms with E-state index in [1.165, 1.54) is 0 Å². The zero-order chi connectivity index (χ0) is 19.7. The molecule has 0 aromatic heterocycles. The molecule has 4 atom stereocenters. The molecule has 1 aliphatic carbocycles. The van der Waals surface area contributed by atoms with Gasteiger partial charge in [-0.05, 0) is 30.9 Å². The van der Waals surface area contributed by atoms with Crippen molar-refractivity contribution >= 4 is 17.5 Å². The fraction of sp³-hybridized carbons (Fsp3) is 0.619. The van der Waals surface area contributed by atoms with E-state index >= 15 is 0 Å². The minimum Gasteiger partial charge on any atom is -0.388 e. The Labute approximate surface area is 164 Å². The minimum atomic E-state index is -1.14. The van der Waals surface area contributed by atoms with Crippen LogP contribution in [0.3, 0.4) is 0 Å². The number of nitrogens with zero attached hydrogens (tertiary/aromatic N) is 1. The average molecular weight is 388 g/mol. The van der Waals surface area contributed by atoms with Crippen LogP contribution in [-0.4, -0.2) is 59.5 Å². The molecular formula is C21H28N2O5. The number of para-hydroxylation sites is 1. The van der Waals surface area contributed by atoms with Crippen LogP contribution in [0.5, 0.6) is 0 Å². The van der Waals surface area contributed by atoms with Crippen LogP contribution in [0.15, 0.2) is 24.3 Å². The molecule has 28 heavy (non-hydrogen) atoms. The van der Waals surface area contributed by atoms with Crippen LogP contribution in [0.25, 0.3) is 0 Å². The number of rotatable bonds is 5. The molecule has 0 spiro atoms. The van der Waals surface area contributed by atoms with Crippen molar-refractivity contribution in [3.05, 3.63) is 29.8 Å². The minimum absolute atomic E-state index is 0.000365. The van der Waals surface area contributed by atoms with Crippen molar-refractivity contribution in [2.75, 3.05) is 18.0 Å². The zero-order valence-electron chi connectivity index (χ0n) is 15.9. The van der Waals surface area contributed by atoms with Crippen LogP contribution >= 0.6 is 0 Å². The topological polar surface area (TPSA) is 99.1 Å². The van der Waals surface area contributed by atoms with Gasteiger partial charge in [0.2, 0.25) is 11.8 Å². The summed E-state index contributed by atoms with van der Waals surface area (Å²) in [5, 5.41) is 23.5. The number of amides is 2. The van der Waals surface area contributed by atoms with Gasteiger partial charge < -0.3 is 25.2 Å². The zero-order valence-corrected chi connectivity index (χ0v) is 15.9. The lowest BCUT2D eigenvalue weighted by atomic mass is 10.0. The van der Waals surface area contributed by atoms with E-state index in [-0.39, 0.29) is 30.7 Å². The summed E-state index contributed by atoms with van der Waals surface area (Å²) in [6.45, 7) is 0.759. The van der Waals surface area contributed by atoms with Gasteiger partial charge in [0, 0.05) is 24.7 Å². The first-order chi connectivity index (χ1) is 13.5. The van der Waals surface area contributed by atoms with Crippen molar-refractivity contribution in [2.45, 2.75) is 62.9 Å². The monoisotopic (exact) mass is 388 g/mol. The number of aliphatic hydroxyl groups excluding tert-OH is 2. The van der Waals surface area contributed by atoms with E-state index in [0.717, 1.165) is 43.4 Å². The van der Waals surface area contributed by atoms with E-state index in [1.54, 1.807) is 4.90 Å². The number of carbonyl (C=O) groups excluding carboxylic acids is 2. The Balaban J connectivity index is 1.32. The molecule has 2 fully saturated rings. The smallest absolute Gasteiger partial charge is 0.229 e. The summed E-state index contributed by atoms with van der Waals surface area (Å²) in [5.74, 6) is -0.107. The molecule has 3 N–H and O–H groups in total. The van der Waals surface area contributed by atoms with Crippen LogP contribution in [0.1, 0.15) is 37.7 Å². The van der Waals surface area contributed by atoms with Gasteiger partial charge in [0.25, 0.3) is 0 Å². The molecule has 1 aromatic carbocycles. The fourth-order valence-corrected chi connectivity index (χ4v) is 4.58. The maximum absolute atomic E-state index is 12.7. The summed E-state index contributed by atoms with van der Waals surface area (Å²) in [4.78, 5) is 26.6. The maximum atomic E-state index is 12.7. The molecule has 7 nitrogen and oxygen atoms in total. The molecule has 2 aliphatic heterocycles. The van der Waals surface area contributed by atoms with Gasteiger partial charge in [0.1, 0.15) is 18.3 Å². The van der Waals surface area contributed by atoms with Crippen LogP contribution < -0.4 is 10.2 Å². The van der Waals surface area contributed by atoms with Crippen LogP contribution in [0, 0.1) is 5.92 Å². The van der Waals surface area contributed by atoms with Crippen LogP contribution in [0.4, 0.5) is 5.69 Å². The van der Waals surface area contributed by atoms with E-state index in [4.69, 9.17) is 4.74 Å². The van der Waals surface area contributed by atoms with Crippen molar-refractivity contribution in [3.8, 4) is 0 Å². The van der Waals surface area contributed by atoms with Gasteiger partial charge in [0.05, 0.1) is 12.5 Å². The number of hydrogen-bond donors (Lipinski definition) is 3. The van der Waals surface area contributed by atoms with Crippen molar-refractivity contribution in [3.63, 3.8) is 0 Å². The molecule has 0 bridgehead atoms. The van der Waals surface area contributed by atoms with Crippen molar-refractivity contribution < 1.29 is 24.5 Å². The lowest BCUT2D eigenvalue weighted by molar-refractivity contribution is -0.126. The normalized spacial score (nSPS) is 29.9. The van der Waals surface area contributed by atoms with E-state index in [2.05, 4.69) is 5.32 Å². The fourth-order valence-electron chi connectivity index (χ4n) is 4.58. The van der Waals surface area contributed by atoms with Gasteiger partial charge in [-0.3, -0.25) is 9.59 Å². The van der Waals surface area contributed by atoms with Gasteiger partial charge in [-0.2, -0.15) is 0 Å². The third kappa shape index (κ3) is 3.79. The molecule has 1 saturated carbocycles. The van der Waals surface area contributed by atoms with Crippen LogP contribution in [0.2, 0.25) is 0 Å². The highest BCUT2D eigenvalue weighted by atomic mass is 16.5. The van der Waals surface area contributed by atoms with Crippen molar-refractivity contribution in [2.24, 2.45) is 5.92 Å². The summed E-state index contributed by atoms with van der Waals surface area (Å²) in [7, 11) is 0. The number of hydrogen-bond acceptors (Lipinski definition) is 5. The van der Waals surface area contributed by atoms with E-state index in [1.807, 2.05) is 24.3 Å². The highest BCUT2D eigenvalue weighted by molar-refractivity contribution is 5.95. The molecule has 2 heterocycles. The molecule has 7 heteroatoms. The Kier molecular flexibility index (Phi) is 5.66. The molecule has 1 saturated heterocycles. The molecule has 3 aliphatic rings. The number of nitrogens with one attached hydrogen (secondary N) is 1. The lowest BCUT2D eigenvalue weighted by Gasteiger charge is -2.21. The molecule has 152 valence electrons. The summed E-state index contributed by atoms with van der Waals surface area (Å²) >= 11 is 0. The second-order valence-corrected chi connectivity index (χ2v) is 8.05. The third-order valence-electron chi connectivity index (χ3n) is 6.23. The SMILES string of the molecule is O=C(NCC1OC(CC(=O)N2CCc3ccccc32)C(O)C1O)C1CCCC1. The third-order valence-corrected chi connectivity index (χ3v) is 6.23. The Morgan fingerprint density at radius 1 is 1.11 bits per heavy atom. The van der Waals surface area contributed by atoms with E-state index < -0.39 is 24.4 Å². The van der Waals surface area contributed by atoms with E-state index in [0.29, 0.717) is 6.54 Å². The van der Waals surface area contributed by atoms with E-state index in [9.17, 15) is 19.8 Å². The molecule has 1 aromatic rings. The number of benzene rings is 1. The standard InChI is InChI=1S/C21H28N2O5/c24-18(23-10-9-13-5-3-4-8-15(13)23)11-16-19(25)20(26)17(28-16)12-22-21(27)14-6-1-2-7-14/h3-5,8,14,16-17,19-20,25-26H,1-2,6-7,9-12H2,(H,22,27). The highest BCUT2D eigenvalue weighted by Crippen LogP contribution is 2.30. The van der Waals surface area contributed by atoms with Gasteiger partial charge in [-0.15, -0.1) is 0 Å². The van der Waals surface area contributed by atoms with Gasteiger partial charge in [-0.25, -0.2) is 0 Å².